The number of nitrogens with one attached hydrogen (secondary N) is 2. The summed E-state index contributed by atoms with van der Waals surface area (Å²) in [5, 5.41) is 5.42. The summed E-state index contributed by atoms with van der Waals surface area (Å²) in [7, 11) is 0. The first kappa shape index (κ1) is 14.7. The Morgan fingerprint density at radius 2 is 2.25 bits per heavy atom. The number of thiophene rings is 1. The van der Waals surface area contributed by atoms with Crippen LogP contribution in [0.2, 0.25) is 0 Å². The average molecular weight is 293 g/mol. The molecule has 6 heteroatoms. The van der Waals surface area contributed by atoms with E-state index in [9.17, 15) is 9.59 Å². The fraction of sp³-hybridized carbons (Fsp3) is 0.429. The summed E-state index contributed by atoms with van der Waals surface area (Å²) in [6, 6.07) is 4.38. The molecule has 2 aromatic heterocycles. The van der Waals surface area contributed by atoms with Crippen molar-refractivity contribution in [1.82, 2.24) is 14.9 Å². The Kier molecular flexibility index (Phi) is 4.92. The molecule has 1 atom stereocenters. The number of nitrogens with zero attached hydrogens (tertiary/aromatic N) is 1. The van der Waals surface area contributed by atoms with Crippen molar-refractivity contribution < 1.29 is 0 Å². The summed E-state index contributed by atoms with van der Waals surface area (Å²) in [5.41, 5.74) is 0.00217. The lowest BCUT2D eigenvalue weighted by Gasteiger charge is -2.13. The molecule has 0 radical (unpaired) electrons. The van der Waals surface area contributed by atoms with Crippen LogP contribution in [0.5, 0.6) is 0 Å². The molecular weight excluding hydrogens is 274 g/mol. The zero-order valence-electron chi connectivity index (χ0n) is 11.7. The van der Waals surface area contributed by atoms with Gasteiger partial charge in [0, 0.05) is 35.8 Å². The van der Waals surface area contributed by atoms with Crippen LogP contribution in [-0.2, 0) is 13.0 Å². The first-order valence-electron chi connectivity index (χ1n) is 6.71. The van der Waals surface area contributed by atoms with E-state index < -0.39 is 0 Å². The Balaban J connectivity index is 1.98. The second-order valence-corrected chi connectivity index (χ2v) is 5.63. The molecule has 0 spiro atoms. The second-order valence-electron chi connectivity index (χ2n) is 4.65. The molecule has 0 saturated heterocycles. The van der Waals surface area contributed by atoms with E-state index in [0.29, 0.717) is 25.1 Å². The first-order chi connectivity index (χ1) is 9.61. The second kappa shape index (κ2) is 6.67. The topological polar surface area (TPSA) is 66.9 Å². The Morgan fingerprint density at radius 3 is 2.90 bits per heavy atom. The number of hydrogen-bond donors (Lipinski definition) is 2. The molecule has 0 aliphatic heterocycles. The monoisotopic (exact) mass is 293 g/mol. The highest BCUT2D eigenvalue weighted by Gasteiger charge is 2.06. The van der Waals surface area contributed by atoms with E-state index in [4.69, 9.17) is 0 Å². The molecule has 0 bridgehead atoms. The Morgan fingerprint density at radius 1 is 1.45 bits per heavy atom. The van der Waals surface area contributed by atoms with E-state index in [1.165, 1.54) is 4.88 Å². The minimum atomic E-state index is -0.349. The van der Waals surface area contributed by atoms with Gasteiger partial charge in [0.25, 0.3) is 5.56 Å². The lowest BCUT2D eigenvalue weighted by Crippen LogP contribution is -2.34. The molecule has 0 amide bonds. The largest absolute Gasteiger partial charge is 0.328 e. The summed E-state index contributed by atoms with van der Waals surface area (Å²) in [4.78, 5) is 26.8. The van der Waals surface area contributed by atoms with E-state index >= 15 is 0 Å². The molecule has 2 heterocycles. The van der Waals surface area contributed by atoms with E-state index in [0.717, 1.165) is 0 Å². The molecule has 20 heavy (non-hydrogen) atoms. The zero-order valence-corrected chi connectivity index (χ0v) is 12.5. The maximum absolute atomic E-state index is 11.7. The maximum Gasteiger partial charge on any atom is 0.328 e. The number of rotatable bonds is 6. The van der Waals surface area contributed by atoms with Gasteiger partial charge in [-0.1, -0.05) is 13.0 Å². The van der Waals surface area contributed by atoms with Gasteiger partial charge in [0.05, 0.1) is 0 Å². The minimum Gasteiger partial charge on any atom is -0.308 e. The van der Waals surface area contributed by atoms with Gasteiger partial charge in [0.1, 0.15) is 0 Å². The fourth-order valence-electron chi connectivity index (χ4n) is 2.01. The van der Waals surface area contributed by atoms with Gasteiger partial charge in [-0.25, -0.2) is 4.79 Å². The van der Waals surface area contributed by atoms with Crippen LogP contribution in [0.15, 0.2) is 33.3 Å². The van der Waals surface area contributed by atoms with Crippen molar-refractivity contribution in [3.05, 3.63) is 55.0 Å². The highest BCUT2D eigenvalue weighted by atomic mass is 32.1. The van der Waals surface area contributed by atoms with Crippen LogP contribution in [0.1, 0.15) is 30.3 Å². The van der Waals surface area contributed by atoms with Crippen molar-refractivity contribution in [3.63, 3.8) is 0 Å². The van der Waals surface area contributed by atoms with E-state index in [1.54, 1.807) is 22.1 Å². The van der Waals surface area contributed by atoms with Crippen molar-refractivity contribution in [2.24, 2.45) is 0 Å². The van der Waals surface area contributed by atoms with Crippen LogP contribution in [0, 0.1) is 0 Å². The molecule has 2 aromatic rings. The molecule has 1 unspecified atom stereocenters. The summed E-state index contributed by atoms with van der Waals surface area (Å²) < 4.78 is 1.55. The molecule has 0 fully saturated rings. The third-order valence-corrected chi connectivity index (χ3v) is 4.29. The van der Waals surface area contributed by atoms with Gasteiger partial charge in [-0.3, -0.25) is 14.3 Å². The molecule has 0 aliphatic rings. The van der Waals surface area contributed by atoms with Crippen molar-refractivity contribution >= 4 is 11.3 Å². The van der Waals surface area contributed by atoms with Crippen molar-refractivity contribution in [1.29, 1.82) is 0 Å². The van der Waals surface area contributed by atoms with Gasteiger partial charge in [-0.05, 0) is 24.8 Å². The van der Waals surface area contributed by atoms with Crippen LogP contribution in [0.25, 0.3) is 0 Å². The van der Waals surface area contributed by atoms with Gasteiger partial charge in [0.15, 0.2) is 0 Å². The standard InChI is InChI=1S/C14H19N3O2S/c1-3-11-9-17(14(19)16-13(11)18)7-6-15-10(2)12-5-4-8-20-12/h4-5,8-10,15H,3,6-7H2,1-2H3,(H,16,18,19). The zero-order chi connectivity index (χ0) is 14.5. The van der Waals surface area contributed by atoms with Crippen LogP contribution >= 0.6 is 11.3 Å². The van der Waals surface area contributed by atoms with Crippen LogP contribution in [0.3, 0.4) is 0 Å². The van der Waals surface area contributed by atoms with Crippen LogP contribution in [-0.4, -0.2) is 16.1 Å². The van der Waals surface area contributed by atoms with Gasteiger partial charge in [-0.2, -0.15) is 0 Å². The summed E-state index contributed by atoms with van der Waals surface area (Å²) in [6.45, 7) is 5.21. The minimum absolute atomic E-state index is 0.263. The Hall–Kier alpha value is -1.66. The highest BCUT2D eigenvalue weighted by molar-refractivity contribution is 7.10. The lowest BCUT2D eigenvalue weighted by atomic mass is 10.2. The summed E-state index contributed by atoms with van der Waals surface area (Å²) in [5.74, 6) is 0. The normalized spacial score (nSPS) is 12.5. The number of H-pyrrole nitrogens is 1. The SMILES string of the molecule is CCc1cn(CCNC(C)c2cccs2)c(=O)[nH]c1=O. The average Bonchev–Trinajstić information content (AvgIpc) is 2.95. The Labute approximate surface area is 121 Å². The molecule has 2 N–H and O–H groups in total. The molecule has 0 saturated carbocycles. The Bertz CT molecular complexity index is 658. The molecular formula is C14H19N3O2S. The lowest BCUT2D eigenvalue weighted by molar-refractivity contribution is 0.522. The third kappa shape index (κ3) is 3.46. The van der Waals surface area contributed by atoms with Gasteiger partial charge >= 0.3 is 5.69 Å². The molecule has 108 valence electrons. The summed E-state index contributed by atoms with van der Waals surface area (Å²) in [6.07, 6.45) is 2.27. The number of aromatic nitrogens is 2. The number of aryl methyl sites for hydroxylation is 1. The molecule has 2 rings (SSSR count). The molecule has 0 aliphatic carbocycles. The maximum atomic E-state index is 11.7. The smallest absolute Gasteiger partial charge is 0.308 e. The number of hydrogen-bond acceptors (Lipinski definition) is 4. The van der Waals surface area contributed by atoms with Gasteiger partial charge in [0.2, 0.25) is 0 Å². The predicted molar refractivity (Wildman–Crippen MR) is 81.4 cm³/mol. The number of aromatic amines is 1. The quantitative estimate of drug-likeness (QED) is 0.848. The van der Waals surface area contributed by atoms with Crippen LogP contribution in [0.4, 0.5) is 0 Å². The predicted octanol–water partition coefficient (Wildman–Crippen LogP) is 1.51. The van der Waals surface area contributed by atoms with Gasteiger partial charge in [-0.15, -0.1) is 11.3 Å². The fourth-order valence-corrected chi connectivity index (χ4v) is 2.77. The van der Waals surface area contributed by atoms with Crippen molar-refractivity contribution in [3.8, 4) is 0 Å². The van der Waals surface area contributed by atoms with E-state index in [1.807, 2.05) is 18.4 Å². The van der Waals surface area contributed by atoms with Crippen LogP contribution < -0.4 is 16.6 Å². The van der Waals surface area contributed by atoms with Gasteiger partial charge < -0.3 is 5.32 Å². The molecule has 0 aromatic carbocycles. The van der Waals surface area contributed by atoms with E-state index in [-0.39, 0.29) is 17.3 Å². The molecule has 5 nitrogen and oxygen atoms in total. The summed E-state index contributed by atoms with van der Waals surface area (Å²) >= 11 is 1.71. The van der Waals surface area contributed by atoms with Crippen molar-refractivity contribution in [2.45, 2.75) is 32.9 Å². The van der Waals surface area contributed by atoms with E-state index in [2.05, 4.69) is 23.3 Å². The highest BCUT2D eigenvalue weighted by Crippen LogP contribution is 2.17. The van der Waals surface area contributed by atoms with Crippen molar-refractivity contribution in [2.75, 3.05) is 6.54 Å². The third-order valence-electron chi connectivity index (χ3n) is 3.24. The first-order valence-corrected chi connectivity index (χ1v) is 7.59.